The molecule has 1 fully saturated rings. The molecule has 104 valence electrons. The maximum atomic E-state index is 12.5. The van der Waals surface area contributed by atoms with Gasteiger partial charge in [-0.05, 0) is 38.4 Å². The molecule has 0 saturated carbocycles. The highest BCUT2D eigenvalue weighted by Crippen LogP contribution is 2.24. The van der Waals surface area contributed by atoms with Crippen molar-refractivity contribution in [1.82, 2.24) is 10.6 Å². The Balaban J connectivity index is 2.03. The molecule has 0 spiro atoms. The minimum atomic E-state index is -0.672. The van der Waals surface area contributed by atoms with Crippen LogP contribution in [0.2, 0.25) is 0 Å². The van der Waals surface area contributed by atoms with Gasteiger partial charge in [-0.1, -0.05) is 30.3 Å². The molecule has 1 amide bonds. The average molecular weight is 262 g/mol. The predicted octanol–water partition coefficient (Wildman–Crippen LogP) is 1.63. The summed E-state index contributed by atoms with van der Waals surface area (Å²) in [5.41, 5.74) is 0.435. The van der Waals surface area contributed by atoms with Crippen molar-refractivity contribution in [3.05, 3.63) is 35.9 Å². The molecule has 1 saturated heterocycles. The number of nitrogens with one attached hydrogen (secondary N) is 2. The van der Waals surface area contributed by atoms with Gasteiger partial charge in [-0.2, -0.15) is 0 Å². The van der Waals surface area contributed by atoms with Crippen molar-refractivity contribution in [3.8, 4) is 0 Å². The number of carbonyl (C=O) groups excluding carboxylic acids is 1. The fourth-order valence-corrected chi connectivity index (χ4v) is 2.51. The Kier molecular flexibility index (Phi) is 4.56. The molecule has 19 heavy (non-hydrogen) atoms. The van der Waals surface area contributed by atoms with Crippen LogP contribution in [0.3, 0.4) is 0 Å². The minimum absolute atomic E-state index is 0.00406. The van der Waals surface area contributed by atoms with Crippen LogP contribution in [0.25, 0.3) is 0 Å². The summed E-state index contributed by atoms with van der Waals surface area (Å²) in [5.74, 6) is -0.00662. The molecule has 4 nitrogen and oxygen atoms in total. The van der Waals surface area contributed by atoms with Gasteiger partial charge in [0.15, 0.2) is 0 Å². The first-order chi connectivity index (χ1) is 9.18. The fraction of sp³-hybridized carbons (Fsp3) is 0.533. The van der Waals surface area contributed by atoms with E-state index in [-0.39, 0.29) is 11.9 Å². The van der Waals surface area contributed by atoms with Gasteiger partial charge in [-0.15, -0.1) is 0 Å². The lowest BCUT2D eigenvalue weighted by Crippen LogP contribution is -2.54. The van der Waals surface area contributed by atoms with Gasteiger partial charge in [0, 0.05) is 7.11 Å². The fourth-order valence-electron chi connectivity index (χ4n) is 2.51. The Morgan fingerprint density at radius 2 is 1.95 bits per heavy atom. The van der Waals surface area contributed by atoms with Crippen molar-refractivity contribution in [2.24, 2.45) is 0 Å². The Bertz CT molecular complexity index is 413. The van der Waals surface area contributed by atoms with E-state index in [2.05, 4.69) is 10.6 Å². The van der Waals surface area contributed by atoms with E-state index < -0.39 is 5.60 Å². The first kappa shape index (κ1) is 14.0. The van der Waals surface area contributed by atoms with E-state index in [1.165, 1.54) is 0 Å². The van der Waals surface area contributed by atoms with Gasteiger partial charge in [-0.25, -0.2) is 0 Å². The number of ether oxygens (including phenoxy) is 1. The second-order valence-corrected chi connectivity index (χ2v) is 5.05. The van der Waals surface area contributed by atoms with Crippen molar-refractivity contribution in [2.45, 2.75) is 31.4 Å². The summed E-state index contributed by atoms with van der Waals surface area (Å²) in [7, 11) is 1.62. The third kappa shape index (κ3) is 3.14. The zero-order chi connectivity index (χ0) is 13.7. The zero-order valence-electron chi connectivity index (χ0n) is 11.6. The first-order valence-electron chi connectivity index (χ1n) is 6.80. The van der Waals surface area contributed by atoms with Crippen LogP contribution >= 0.6 is 0 Å². The normalized spacial score (nSPS) is 19.7. The Morgan fingerprint density at radius 3 is 2.53 bits per heavy atom. The highest BCUT2D eigenvalue weighted by molar-refractivity contribution is 5.85. The molecular weight excluding hydrogens is 240 g/mol. The number of methoxy groups -OCH3 is 1. The first-order valence-corrected chi connectivity index (χ1v) is 6.80. The molecule has 1 aliphatic rings. The maximum absolute atomic E-state index is 12.5. The van der Waals surface area contributed by atoms with E-state index in [1.807, 2.05) is 37.3 Å². The van der Waals surface area contributed by atoms with E-state index in [0.29, 0.717) is 0 Å². The summed E-state index contributed by atoms with van der Waals surface area (Å²) in [6, 6.07) is 9.97. The average Bonchev–Trinajstić information content (AvgIpc) is 2.48. The van der Waals surface area contributed by atoms with Crippen molar-refractivity contribution in [1.29, 1.82) is 0 Å². The Labute approximate surface area is 114 Å². The van der Waals surface area contributed by atoms with Crippen LogP contribution in [0.1, 0.15) is 31.4 Å². The molecular formula is C15H22N2O2. The van der Waals surface area contributed by atoms with E-state index >= 15 is 0 Å². The lowest BCUT2D eigenvalue weighted by atomic mass is 9.90. The standard InChI is InChI=1S/C15H22N2O2/c1-12(13-6-4-3-5-7-13)17-14(18)15(19-2)8-10-16-11-9-15/h3-7,12,16H,8-11H2,1-2H3,(H,17,18). The summed E-state index contributed by atoms with van der Waals surface area (Å²) >= 11 is 0. The molecule has 1 aliphatic heterocycles. The van der Waals surface area contributed by atoms with E-state index in [4.69, 9.17) is 4.74 Å². The second-order valence-electron chi connectivity index (χ2n) is 5.05. The monoisotopic (exact) mass is 262 g/mol. The molecule has 1 unspecified atom stereocenters. The molecule has 0 bridgehead atoms. The third-order valence-corrected chi connectivity index (χ3v) is 3.86. The molecule has 1 aromatic carbocycles. The van der Waals surface area contributed by atoms with Crippen LogP contribution in [0.5, 0.6) is 0 Å². The summed E-state index contributed by atoms with van der Waals surface area (Å²) in [5, 5.41) is 6.32. The van der Waals surface area contributed by atoms with Crippen LogP contribution in [-0.2, 0) is 9.53 Å². The van der Waals surface area contributed by atoms with Gasteiger partial charge in [0.1, 0.15) is 5.60 Å². The highest BCUT2D eigenvalue weighted by atomic mass is 16.5. The smallest absolute Gasteiger partial charge is 0.252 e. The predicted molar refractivity (Wildman–Crippen MR) is 74.8 cm³/mol. The quantitative estimate of drug-likeness (QED) is 0.867. The van der Waals surface area contributed by atoms with E-state index in [1.54, 1.807) is 7.11 Å². The molecule has 1 heterocycles. The number of hydrogen-bond acceptors (Lipinski definition) is 3. The number of piperidine rings is 1. The Hall–Kier alpha value is -1.39. The van der Waals surface area contributed by atoms with E-state index in [0.717, 1.165) is 31.5 Å². The zero-order valence-corrected chi connectivity index (χ0v) is 11.6. The molecule has 2 rings (SSSR count). The molecule has 1 aromatic rings. The molecule has 0 aliphatic carbocycles. The van der Waals surface area contributed by atoms with Crippen molar-refractivity contribution >= 4 is 5.91 Å². The SMILES string of the molecule is COC1(C(=O)NC(C)c2ccccc2)CCNCC1. The van der Waals surface area contributed by atoms with Gasteiger partial charge in [-0.3, -0.25) is 4.79 Å². The van der Waals surface area contributed by atoms with Gasteiger partial charge >= 0.3 is 0 Å². The highest BCUT2D eigenvalue weighted by Gasteiger charge is 2.40. The summed E-state index contributed by atoms with van der Waals surface area (Å²) in [6.45, 7) is 3.64. The van der Waals surface area contributed by atoms with Crippen LogP contribution in [0, 0.1) is 0 Å². The minimum Gasteiger partial charge on any atom is -0.368 e. The molecule has 1 atom stereocenters. The molecule has 0 aromatic heterocycles. The van der Waals surface area contributed by atoms with E-state index in [9.17, 15) is 4.79 Å². The van der Waals surface area contributed by atoms with Gasteiger partial charge in [0.2, 0.25) is 0 Å². The molecule has 2 N–H and O–H groups in total. The number of hydrogen-bond donors (Lipinski definition) is 2. The summed E-state index contributed by atoms with van der Waals surface area (Å²) in [6.07, 6.45) is 1.44. The van der Waals surface area contributed by atoms with Crippen LogP contribution in [-0.4, -0.2) is 31.7 Å². The molecule has 0 radical (unpaired) electrons. The largest absolute Gasteiger partial charge is 0.368 e. The number of benzene rings is 1. The van der Waals surface area contributed by atoms with Gasteiger partial charge in [0.25, 0.3) is 5.91 Å². The molecule has 4 heteroatoms. The lowest BCUT2D eigenvalue weighted by Gasteiger charge is -2.35. The number of amides is 1. The van der Waals surface area contributed by atoms with Crippen LogP contribution < -0.4 is 10.6 Å². The number of carbonyl (C=O) groups is 1. The van der Waals surface area contributed by atoms with Crippen molar-refractivity contribution in [3.63, 3.8) is 0 Å². The topological polar surface area (TPSA) is 50.4 Å². The number of rotatable bonds is 4. The maximum Gasteiger partial charge on any atom is 0.252 e. The van der Waals surface area contributed by atoms with Gasteiger partial charge in [0.05, 0.1) is 6.04 Å². The third-order valence-electron chi connectivity index (χ3n) is 3.86. The summed E-state index contributed by atoms with van der Waals surface area (Å²) in [4.78, 5) is 12.5. The van der Waals surface area contributed by atoms with Crippen molar-refractivity contribution in [2.75, 3.05) is 20.2 Å². The lowest BCUT2D eigenvalue weighted by molar-refractivity contribution is -0.147. The Morgan fingerprint density at radius 1 is 1.32 bits per heavy atom. The van der Waals surface area contributed by atoms with Gasteiger partial charge < -0.3 is 15.4 Å². The van der Waals surface area contributed by atoms with Crippen LogP contribution in [0.15, 0.2) is 30.3 Å². The summed E-state index contributed by atoms with van der Waals surface area (Å²) < 4.78 is 5.53. The van der Waals surface area contributed by atoms with Crippen molar-refractivity contribution < 1.29 is 9.53 Å². The van der Waals surface area contributed by atoms with Crippen LogP contribution in [0.4, 0.5) is 0 Å². The second kappa shape index (κ2) is 6.17.